The fourth-order valence-corrected chi connectivity index (χ4v) is 0.870. The lowest BCUT2D eigenvalue weighted by atomic mass is 10.0. The Labute approximate surface area is 59.9 Å². The molecule has 0 radical (unpaired) electrons. The molecule has 2 nitrogen and oxygen atoms in total. The van der Waals surface area contributed by atoms with Gasteiger partial charge in [0, 0.05) is 5.57 Å². The molecule has 0 bridgehead atoms. The second-order valence-electron chi connectivity index (χ2n) is 2.38. The zero-order valence-electron chi connectivity index (χ0n) is 5.87. The van der Waals surface area contributed by atoms with Crippen LogP contribution in [0.25, 0.3) is 0 Å². The molecule has 0 fully saturated rings. The number of hydrogen-bond donors (Lipinski definition) is 1. The van der Waals surface area contributed by atoms with E-state index in [0.717, 1.165) is 0 Å². The average Bonchev–Trinajstić information content (AvgIpc) is 1.88. The van der Waals surface area contributed by atoms with E-state index in [9.17, 15) is 4.79 Å². The molecule has 1 rings (SSSR count). The van der Waals surface area contributed by atoms with Gasteiger partial charge in [0.15, 0.2) is 5.78 Å². The number of rotatable bonds is 1. The van der Waals surface area contributed by atoms with Crippen LogP contribution in [0.1, 0.15) is 13.3 Å². The maximum Gasteiger partial charge on any atom is 0.159 e. The summed E-state index contributed by atoms with van der Waals surface area (Å²) in [5.41, 5.74) is 0.699. The molecule has 1 atom stereocenters. The van der Waals surface area contributed by atoms with Crippen LogP contribution in [-0.4, -0.2) is 17.0 Å². The summed E-state index contributed by atoms with van der Waals surface area (Å²) >= 11 is 0. The van der Waals surface area contributed by atoms with E-state index in [1.807, 2.05) is 0 Å². The van der Waals surface area contributed by atoms with E-state index in [2.05, 4.69) is 0 Å². The van der Waals surface area contributed by atoms with E-state index in [-0.39, 0.29) is 5.78 Å². The second-order valence-corrected chi connectivity index (χ2v) is 2.38. The molecule has 0 aromatic carbocycles. The van der Waals surface area contributed by atoms with Gasteiger partial charge in [0.2, 0.25) is 0 Å². The van der Waals surface area contributed by atoms with E-state index >= 15 is 0 Å². The number of hydrogen-bond acceptors (Lipinski definition) is 2. The van der Waals surface area contributed by atoms with Crippen molar-refractivity contribution in [3.05, 3.63) is 23.8 Å². The SMILES string of the molecule is CC(=O)C1=CCC(O)C=C1. The van der Waals surface area contributed by atoms with Gasteiger partial charge in [-0.25, -0.2) is 0 Å². The molecule has 0 aromatic heterocycles. The number of carbonyl (C=O) groups is 1. The minimum absolute atomic E-state index is 0.0585. The molecule has 54 valence electrons. The van der Waals surface area contributed by atoms with Gasteiger partial charge in [-0.2, -0.15) is 0 Å². The lowest BCUT2D eigenvalue weighted by Gasteiger charge is -2.07. The number of allylic oxidation sites excluding steroid dienone is 2. The van der Waals surface area contributed by atoms with Gasteiger partial charge < -0.3 is 5.11 Å². The van der Waals surface area contributed by atoms with E-state index in [1.54, 1.807) is 18.2 Å². The number of carbonyl (C=O) groups excluding carboxylic acids is 1. The topological polar surface area (TPSA) is 37.3 Å². The van der Waals surface area contributed by atoms with E-state index in [0.29, 0.717) is 12.0 Å². The molecular formula is C8H10O2. The van der Waals surface area contributed by atoms with Crippen molar-refractivity contribution in [2.75, 3.05) is 0 Å². The van der Waals surface area contributed by atoms with Crippen LogP contribution in [0, 0.1) is 0 Å². The summed E-state index contributed by atoms with van der Waals surface area (Å²) in [4.78, 5) is 10.7. The molecule has 10 heavy (non-hydrogen) atoms. The van der Waals surface area contributed by atoms with Crippen LogP contribution in [0.15, 0.2) is 23.8 Å². The van der Waals surface area contributed by atoms with Crippen LogP contribution >= 0.6 is 0 Å². The number of aliphatic hydroxyl groups excluding tert-OH is 1. The van der Waals surface area contributed by atoms with Crippen molar-refractivity contribution in [3.63, 3.8) is 0 Å². The number of Topliss-reactive ketones (excluding diaryl/α,β-unsaturated/α-hetero) is 1. The zero-order valence-corrected chi connectivity index (χ0v) is 5.87. The monoisotopic (exact) mass is 138 g/mol. The lowest BCUT2D eigenvalue weighted by Crippen LogP contribution is -2.06. The summed E-state index contributed by atoms with van der Waals surface area (Å²) in [6.45, 7) is 1.52. The minimum Gasteiger partial charge on any atom is -0.389 e. The van der Waals surface area contributed by atoms with Crippen molar-refractivity contribution in [2.45, 2.75) is 19.4 Å². The zero-order chi connectivity index (χ0) is 7.56. The summed E-state index contributed by atoms with van der Waals surface area (Å²) in [5, 5.41) is 8.97. The molecule has 0 aromatic rings. The number of aliphatic hydroxyl groups is 1. The maximum absolute atomic E-state index is 10.7. The van der Waals surface area contributed by atoms with Gasteiger partial charge in [0.25, 0.3) is 0 Å². The van der Waals surface area contributed by atoms with Gasteiger partial charge in [-0.3, -0.25) is 4.79 Å². The minimum atomic E-state index is -0.400. The Kier molecular flexibility index (Phi) is 2.02. The first-order valence-electron chi connectivity index (χ1n) is 3.27. The Hall–Kier alpha value is -0.890. The highest BCUT2D eigenvalue weighted by Crippen LogP contribution is 2.10. The first-order chi connectivity index (χ1) is 4.70. The molecule has 1 aliphatic rings. The normalized spacial score (nSPS) is 24.2. The summed E-state index contributed by atoms with van der Waals surface area (Å²) in [6.07, 6.45) is 5.22. The summed E-state index contributed by atoms with van der Waals surface area (Å²) in [6, 6.07) is 0. The van der Waals surface area contributed by atoms with Crippen LogP contribution in [-0.2, 0) is 4.79 Å². The highest BCUT2D eigenvalue weighted by atomic mass is 16.3. The van der Waals surface area contributed by atoms with Crippen LogP contribution in [0.3, 0.4) is 0 Å². The summed E-state index contributed by atoms with van der Waals surface area (Å²) < 4.78 is 0. The van der Waals surface area contributed by atoms with Gasteiger partial charge in [-0.15, -0.1) is 0 Å². The predicted molar refractivity (Wildman–Crippen MR) is 38.5 cm³/mol. The first kappa shape index (κ1) is 7.22. The number of ketones is 1. The average molecular weight is 138 g/mol. The van der Waals surface area contributed by atoms with Gasteiger partial charge in [-0.1, -0.05) is 18.2 Å². The van der Waals surface area contributed by atoms with Crippen molar-refractivity contribution in [2.24, 2.45) is 0 Å². The molecular weight excluding hydrogens is 128 g/mol. The van der Waals surface area contributed by atoms with E-state index < -0.39 is 6.10 Å². The van der Waals surface area contributed by atoms with Gasteiger partial charge in [0.05, 0.1) is 6.10 Å². The van der Waals surface area contributed by atoms with Gasteiger partial charge >= 0.3 is 0 Å². The third-order valence-electron chi connectivity index (χ3n) is 1.48. The first-order valence-corrected chi connectivity index (χ1v) is 3.27. The molecule has 1 aliphatic carbocycles. The molecule has 0 saturated heterocycles. The third-order valence-corrected chi connectivity index (χ3v) is 1.48. The van der Waals surface area contributed by atoms with Crippen LogP contribution in [0.5, 0.6) is 0 Å². The Bertz CT molecular complexity index is 201. The van der Waals surface area contributed by atoms with Crippen LogP contribution < -0.4 is 0 Å². The van der Waals surface area contributed by atoms with Gasteiger partial charge in [-0.05, 0) is 13.3 Å². The summed E-state index contributed by atoms with van der Waals surface area (Å²) in [5.74, 6) is 0.0585. The van der Waals surface area contributed by atoms with Crippen molar-refractivity contribution in [1.82, 2.24) is 0 Å². The third kappa shape index (κ3) is 1.54. The fourth-order valence-electron chi connectivity index (χ4n) is 0.870. The van der Waals surface area contributed by atoms with E-state index in [4.69, 9.17) is 5.11 Å². The quantitative estimate of drug-likeness (QED) is 0.582. The molecule has 0 heterocycles. The summed E-state index contributed by atoms with van der Waals surface area (Å²) in [7, 11) is 0. The standard InChI is InChI=1S/C8H10O2/c1-6(9)7-2-4-8(10)5-3-7/h2-4,8,10H,5H2,1H3. The van der Waals surface area contributed by atoms with Gasteiger partial charge in [0.1, 0.15) is 0 Å². The van der Waals surface area contributed by atoms with Crippen LogP contribution in [0.2, 0.25) is 0 Å². The van der Waals surface area contributed by atoms with Crippen molar-refractivity contribution in [1.29, 1.82) is 0 Å². The Morgan fingerprint density at radius 1 is 1.80 bits per heavy atom. The largest absolute Gasteiger partial charge is 0.389 e. The van der Waals surface area contributed by atoms with Crippen molar-refractivity contribution < 1.29 is 9.90 Å². The van der Waals surface area contributed by atoms with Crippen molar-refractivity contribution in [3.8, 4) is 0 Å². The molecule has 0 spiro atoms. The Morgan fingerprint density at radius 3 is 2.90 bits per heavy atom. The van der Waals surface area contributed by atoms with E-state index in [1.165, 1.54) is 6.92 Å². The predicted octanol–water partition coefficient (Wildman–Crippen LogP) is 0.823. The maximum atomic E-state index is 10.7. The molecule has 1 unspecified atom stereocenters. The van der Waals surface area contributed by atoms with Crippen molar-refractivity contribution >= 4 is 5.78 Å². The molecule has 0 saturated carbocycles. The highest BCUT2D eigenvalue weighted by Gasteiger charge is 2.06. The lowest BCUT2D eigenvalue weighted by molar-refractivity contribution is -0.113. The molecule has 1 N–H and O–H groups in total. The Balaban J connectivity index is 2.67. The molecule has 0 amide bonds. The fraction of sp³-hybridized carbons (Fsp3) is 0.375. The second kappa shape index (κ2) is 2.80. The molecule has 0 aliphatic heterocycles. The highest BCUT2D eigenvalue weighted by molar-refractivity contribution is 5.96. The molecule has 2 heteroatoms. The Morgan fingerprint density at radius 2 is 2.50 bits per heavy atom. The van der Waals surface area contributed by atoms with Crippen LogP contribution in [0.4, 0.5) is 0 Å². The smallest absolute Gasteiger partial charge is 0.159 e.